The van der Waals surface area contributed by atoms with Crippen LogP contribution >= 0.6 is 0 Å². The summed E-state index contributed by atoms with van der Waals surface area (Å²) in [5.41, 5.74) is 0. The lowest BCUT2D eigenvalue weighted by atomic mass is 10.3. The van der Waals surface area contributed by atoms with Gasteiger partial charge < -0.3 is 10.2 Å². The first-order valence-electron chi connectivity index (χ1n) is 4.27. The van der Waals surface area contributed by atoms with Crippen molar-refractivity contribution in [3.8, 4) is 11.5 Å². The molecule has 0 saturated heterocycles. The molecule has 0 saturated carbocycles. The van der Waals surface area contributed by atoms with E-state index in [1.54, 1.807) is 48.5 Å². The molecule has 0 bridgehead atoms. The van der Waals surface area contributed by atoms with E-state index in [9.17, 15) is 0 Å². The van der Waals surface area contributed by atoms with E-state index in [4.69, 9.17) is 10.2 Å². The van der Waals surface area contributed by atoms with E-state index in [0.29, 0.717) is 11.5 Å². The molecule has 0 aliphatic rings. The van der Waals surface area contributed by atoms with Gasteiger partial charge in [-0.05, 0) is 24.3 Å². The normalized spacial score (nSPS) is 7.50. The maximum atomic E-state index is 8.63. The SMILES string of the molecule is Oc1ccccc1.Oc1ccccc1.[C].[C]. The van der Waals surface area contributed by atoms with E-state index >= 15 is 0 Å². The zero-order valence-electron chi connectivity index (χ0n) is 8.67. The van der Waals surface area contributed by atoms with Crippen LogP contribution in [0.25, 0.3) is 0 Å². The molecule has 2 aromatic rings. The molecule has 0 spiro atoms. The fourth-order valence-corrected chi connectivity index (χ4v) is 0.856. The molecule has 0 aliphatic carbocycles. The van der Waals surface area contributed by atoms with Crippen LogP contribution in [0.4, 0.5) is 0 Å². The summed E-state index contributed by atoms with van der Waals surface area (Å²) in [6.45, 7) is 0. The highest BCUT2D eigenvalue weighted by Gasteiger charge is 1.75. The highest BCUT2D eigenvalue weighted by Crippen LogP contribution is 2.03. The second-order valence-electron chi connectivity index (χ2n) is 2.67. The molecule has 0 amide bonds. The van der Waals surface area contributed by atoms with Crippen molar-refractivity contribution in [2.75, 3.05) is 0 Å². The number of rotatable bonds is 0. The van der Waals surface area contributed by atoms with Gasteiger partial charge in [-0.15, -0.1) is 0 Å². The van der Waals surface area contributed by atoms with Gasteiger partial charge in [-0.25, -0.2) is 0 Å². The van der Waals surface area contributed by atoms with E-state index < -0.39 is 0 Å². The van der Waals surface area contributed by atoms with E-state index in [1.807, 2.05) is 12.1 Å². The van der Waals surface area contributed by atoms with Crippen molar-refractivity contribution >= 4 is 0 Å². The fraction of sp³-hybridized carbons (Fsp3) is 0. The van der Waals surface area contributed by atoms with Crippen LogP contribution in [0.15, 0.2) is 60.7 Å². The number of phenolic OH excluding ortho intramolecular Hbond substituents is 2. The zero-order valence-corrected chi connectivity index (χ0v) is 8.67. The van der Waals surface area contributed by atoms with Gasteiger partial charge in [0, 0.05) is 14.9 Å². The van der Waals surface area contributed by atoms with Crippen molar-refractivity contribution in [3.05, 3.63) is 75.5 Å². The van der Waals surface area contributed by atoms with Gasteiger partial charge in [0.25, 0.3) is 0 Å². The van der Waals surface area contributed by atoms with E-state index in [-0.39, 0.29) is 14.9 Å². The lowest BCUT2D eigenvalue weighted by Gasteiger charge is -1.82. The van der Waals surface area contributed by atoms with Crippen molar-refractivity contribution in [2.24, 2.45) is 0 Å². The van der Waals surface area contributed by atoms with Crippen LogP contribution in [0.3, 0.4) is 0 Å². The summed E-state index contributed by atoms with van der Waals surface area (Å²) in [5.74, 6) is 0.644. The minimum atomic E-state index is 0. The lowest BCUT2D eigenvalue weighted by molar-refractivity contribution is 0.475. The average molecular weight is 212 g/mol. The number of phenols is 2. The molecule has 16 heavy (non-hydrogen) atoms. The highest BCUT2D eigenvalue weighted by atomic mass is 16.3. The van der Waals surface area contributed by atoms with Crippen molar-refractivity contribution in [1.29, 1.82) is 0 Å². The Morgan fingerprint density at radius 1 is 0.500 bits per heavy atom. The van der Waals surface area contributed by atoms with Crippen LogP contribution in [0, 0.1) is 14.9 Å². The first kappa shape index (κ1) is 16.5. The molecule has 2 N–H and O–H groups in total. The van der Waals surface area contributed by atoms with Gasteiger partial charge in [-0.1, -0.05) is 36.4 Å². The van der Waals surface area contributed by atoms with Crippen LogP contribution in [-0.4, -0.2) is 10.2 Å². The molecule has 2 nitrogen and oxygen atoms in total. The van der Waals surface area contributed by atoms with Crippen LogP contribution in [0.2, 0.25) is 0 Å². The van der Waals surface area contributed by atoms with Gasteiger partial charge in [-0.3, -0.25) is 0 Å². The molecule has 2 aromatic carbocycles. The fourth-order valence-electron chi connectivity index (χ4n) is 0.856. The van der Waals surface area contributed by atoms with Gasteiger partial charge in [0.2, 0.25) is 0 Å². The van der Waals surface area contributed by atoms with Gasteiger partial charge >= 0.3 is 0 Å². The predicted octanol–water partition coefficient (Wildman–Crippen LogP) is 2.95. The summed E-state index contributed by atoms with van der Waals surface area (Å²) in [5, 5.41) is 17.3. The third-order valence-electron chi connectivity index (χ3n) is 1.51. The van der Waals surface area contributed by atoms with Gasteiger partial charge in [0.15, 0.2) is 0 Å². The van der Waals surface area contributed by atoms with Crippen LogP contribution in [0.5, 0.6) is 11.5 Å². The van der Waals surface area contributed by atoms with Crippen molar-refractivity contribution in [1.82, 2.24) is 0 Å². The molecule has 0 fully saturated rings. The second kappa shape index (κ2) is 9.59. The number of aromatic hydroxyl groups is 2. The van der Waals surface area contributed by atoms with E-state index in [2.05, 4.69) is 0 Å². The quantitative estimate of drug-likeness (QED) is 0.704. The third-order valence-corrected chi connectivity index (χ3v) is 1.51. The van der Waals surface area contributed by atoms with Gasteiger partial charge in [-0.2, -0.15) is 0 Å². The second-order valence-corrected chi connectivity index (χ2v) is 2.67. The molecule has 0 atom stereocenters. The minimum absolute atomic E-state index is 0. The average Bonchev–Trinajstić information content (AvgIpc) is 2.21. The maximum Gasteiger partial charge on any atom is 0.115 e. The number of hydrogen-bond acceptors (Lipinski definition) is 2. The minimum Gasteiger partial charge on any atom is -0.508 e. The first-order valence-corrected chi connectivity index (χ1v) is 4.27. The smallest absolute Gasteiger partial charge is 0.115 e. The Morgan fingerprint density at radius 2 is 0.750 bits per heavy atom. The summed E-state index contributed by atoms with van der Waals surface area (Å²) >= 11 is 0. The van der Waals surface area contributed by atoms with E-state index in [0.717, 1.165) is 0 Å². The topological polar surface area (TPSA) is 40.5 Å². The van der Waals surface area contributed by atoms with Gasteiger partial charge in [0.1, 0.15) is 11.5 Å². The zero-order chi connectivity index (χ0) is 10.2. The molecule has 2 rings (SSSR count). The first-order chi connectivity index (χ1) is 6.79. The van der Waals surface area contributed by atoms with Crippen molar-refractivity contribution in [2.45, 2.75) is 0 Å². The number of para-hydroxylation sites is 2. The Labute approximate surface area is 97.8 Å². The van der Waals surface area contributed by atoms with Gasteiger partial charge in [0.05, 0.1) is 0 Å². The highest BCUT2D eigenvalue weighted by molar-refractivity contribution is 5.19. The molecule has 0 heterocycles. The summed E-state index contributed by atoms with van der Waals surface area (Å²) in [6, 6.07) is 17.4. The third kappa shape index (κ3) is 7.44. The van der Waals surface area contributed by atoms with Crippen molar-refractivity contribution < 1.29 is 10.2 Å². The number of benzene rings is 2. The molecular weight excluding hydrogens is 200 g/mol. The Balaban J connectivity index is 0. The Kier molecular flexibility index (Phi) is 9.87. The number of hydrogen-bond donors (Lipinski definition) is 2. The Bertz CT molecular complexity index is 306. The predicted molar refractivity (Wildman–Crippen MR) is 62.7 cm³/mol. The molecule has 0 aromatic heterocycles. The lowest BCUT2D eigenvalue weighted by Crippen LogP contribution is -1.56. The standard InChI is InChI=1S/2C6H6O.2C/c2*7-6-4-2-1-3-5-6;;/h2*1-5,7H;;. The van der Waals surface area contributed by atoms with Crippen LogP contribution in [-0.2, 0) is 0 Å². The summed E-state index contributed by atoms with van der Waals surface area (Å²) in [7, 11) is 0. The maximum absolute atomic E-state index is 8.63. The molecular formula is C14H12O2. The largest absolute Gasteiger partial charge is 0.508 e. The molecule has 8 radical (unpaired) electrons. The molecule has 2 heteroatoms. The summed E-state index contributed by atoms with van der Waals surface area (Å²) in [4.78, 5) is 0. The summed E-state index contributed by atoms with van der Waals surface area (Å²) in [6.07, 6.45) is 0. The monoisotopic (exact) mass is 212 g/mol. The van der Waals surface area contributed by atoms with E-state index in [1.165, 1.54) is 0 Å². The molecule has 80 valence electrons. The van der Waals surface area contributed by atoms with Crippen LogP contribution in [0.1, 0.15) is 0 Å². The summed E-state index contributed by atoms with van der Waals surface area (Å²) < 4.78 is 0. The molecule has 0 unspecified atom stereocenters. The van der Waals surface area contributed by atoms with Crippen LogP contribution < -0.4 is 0 Å². The molecule has 0 aliphatic heterocycles. The van der Waals surface area contributed by atoms with Crippen molar-refractivity contribution in [3.63, 3.8) is 0 Å². The Hall–Kier alpha value is -1.96. The Morgan fingerprint density at radius 3 is 0.875 bits per heavy atom.